The zero-order chi connectivity index (χ0) is 31.5. The van der Waals surface area contributed by atoms with E-state index in [1.165, 1.54) is 11.8 Å². The van der Waals surface area contributed by atoms with Crippen molar-refractivity contribution in [3.8, 4) is 5.75 Å². The second-order valence-electron chi connectivity index (χ2n) is 11.4. The van der Waals surface area contributed by atoms with Crippen LogP contribution in [-0.2, 0) is 11.3 Å². The third-order valence-corrected chi connectivity index (χ3v) is 9.32. The molecule has 0 aliphatic carbocycles. The number of halogens is 1. The van der Waals surface area contributed by atoms with Crippen molar-refractivity contribution in [2.24, 2.45) is 0 Å². The average Bonchev–Trinajstić information content (AvgIpc) is 3.34. The number of thioether (sulfide) groups is 1. The minimum Gasteiger partial charge on any atom is -0.497 e. The first-order valence-corrected chi connectivity index (χ1v) is 16.4. The third-order valence-electron chi connectivity index (χ3n) is 8.16. The van der Waals surface area contributed by atoms with Gasteiger partial charge in [-0.1, -0.05) is 53.2 Å². The number of fused-ring (bicyclic) bond motifs is 3. The van der Waals surface area contributed by atoms with Crippen LogP contribution in [0.4, 0.5) is 0 Å². The largest absolute Gasteiger partial charge is 0.497 e. The summed E-state index contributed by atoms with van der Waals surface area (Å²) in [7, 11) is 1.59. The molecule has 11 heteroatoms. The van der Waals surface area contributed by atoms with Crippen molar-refractivity contribution in [3.05, 3.63) is 88.4 Å². The molecule has 6 rings (SSSR count). The van der Waals surface area contributed by atoms with E-state index in [1.807, 2.05) is 47.1 Å². The minimum absolute atomic E-state index is 0.0442. The van der Waals surface area contributed by atoms with Gasteiger partial charge in [-0.2, -0.15) is 0 Å². The number of aromatic nitrogens is 4. The van der Waals surface area contributed by atoms with Gasteiger partial charge < -0.3 is 19.1 Å². The maximum absolute atomic E-state index is 13.1. The van der Waals surface area contributed by atoms with Crippen LogP contribution >= 0.6 is 23.4 Å². The SMILES string of the molecule is COc1cccc(C(=O)N2CCN(C(=O)CCCSc3nnc4c5cc(C)ccc5n(Cc5cccc(Cl)c5)c4n3)CC2C)c1. The fourth-order valence-electron chi connectivity index (χ4n) is 5.85. The van der Waals surface area contributed by atoms with E-state index in [1.54, 1.807) is 19.2 Å². The number of benzene rings is 3. The van der Waals surface area contributed by atoms with Crippen molar-refractivity contribution >= 4 is 57.2 Å². The van der Waals surface area contributed by atoms with Crippen molar-refractivity contribution in [1.29, 1.82) is 0 Å². The molecule has 0 bridgehead atoms. The Labute approximate surface area is 271 Å². The fourth-order valence-corrected chi connectivity index (χ4v) is 6.78. The number of rotatable bonds is 9. The first kappa shape index (κ1) is 30.9. The molecule has 3 heterocycles. The van der Waals surface area contributed by atoms with E-state index >= 15 is 0 Å². The molecular formula is C34H35ClN6O3S. The molecule has 5 aromatic rings. The van der Waals surface area contributed by atoms with E-state index in [0.717, 1.165) is 33.2 Å². The molecule has 1 atom stereocenters. The molecule has 232 valence electrons. The fraction of sp³-hybridized carbons (Fsp3) is 0.324. The van der Waals surface area contributed by atoms with Crippen LogP contribution in [0.2, 0.25) is 5.02 Å². The van der Waals surface area contributed by atoms with Gasteiger partial charge in [-0.15, -0.1) is 10.2 Å². The van der Waals surface area contributed by atoms with Crippen LogP contribution in [0.25, 0.3) is 22.1 Å². The third kappa shape index (κ3) is 6.77. The smallest absolute Gasteiger partial charge is 0.254 e. The predicted molar refractivity (Wildman–Crippen MR) is 178 cm³/mol. The second kappa shape index (κ2) is 13.5. The normalized spacial score (nSPS) is 15.2. The Morgan fingerprint density at radius 2 is 1.89 bits per heavy atom. The van der Waals surface area contributed by atoms with Crippen LogP contribution in [0.5, 0.6) is 5.75 Å². The number of amides is 2. The number of ether oxygens (including phenoxy) is 1. The number of carbonyl (C=O) groups excluding carboxylic acids is 2. The van der Waals surface area contributed by atoms with E-state index in [-0.39, 0.29) is 17.9 Å². The Bertz CT molecular complexity index is 1880. The van der Waals surface area contributed by atoms with Gasteiger partial charge in [-0.3, -0.25) is 9.59 Å². The molecule has 45 heavy (non-hydrogen) atoms. The van der Waals surface area contributed by atoms with Gasteiger partial charge in [0.25, 0.3) is 5.91 Å². The zero-order valence-electron chi connectivity index (χ0n) is 25.6. The molecule has 0 radical (unpaired) electrons. The summed E-state index contributed by atoms with van der Waals surface area (Å²) in [6, 6.07) is 21.3. The van der Waals surface area contributed by atoms with Gasteiger partial charge in [-0.05, 0) is 68.3 Å². The van der Waals surface area contributed by atoms with Gasteiger partial charge in [0.15, 0.2) is 5.65 Å². The van der Waals surface area contributed by atoms with Crippen molar-refractivity contribution in [3.63, 3.8) is 0 Å². The topological polar surface area (TPSA) is 93.5 Å². The van der Waals surface area contributed by atoms with Crippen LogP contribution in [-0.4, -0.2) is 79.9 Å². The van der Waals surface area contributed by atoms with Crippen LogP contribution < -0.4 is 4.74 Å². The molecule has 1 unspecified atom stereocenters. The maximum atomic E-state index is 13.1. The Hall–Kier alpha value is -4.15. The Balaban J connectivity index is 1.07. The number of nitrogens with zero attached hydrogens (tertiary/aromatic N) is 6. The molecule has 0 spiro atoms. The van der Waals surface area contributed by atoms with Crippen LogP contribution in [0.15, 0.2) is 71.9 Å². The van der Waals surface area contributed by atoms with E-state index in [4.69, 9.17) is 21.3 Å². The molecular weight excluding hydrogens is 608 g/mol. The second-order valence-corrected chi connectivity index (χ2v) is 12.9. The number of aryl methyl sites for hydroxylation is 1. The summed E-state index contributed by atoms with van der Waals surface area (Å²) in [5, 5.41) is 11.3. The summed E-state index contributed by atoms with van der Waals surface area (Å²) in [6.45, 7) is 6.20. The van der Waals surface area contributed by atoms with E-state index in [2.05, 4.69) is 46.0 Å². The van der Waals surface area contributed by atoms with Gasteiger partial charge in [0.2, 0.25) is 11.1 Å². The number of piperazine rings is 1. The molecule has 1 aliphatic heterocycles. The first-order chi connectivity index (χ1) is 21.8. The highest BCUT2D eigenvalue weighted by Crippen LogP contribution is 2.30. The average molecular weight is 643 g/mol. The lowest BCUT2D eigenvalue weighted by Crippen LogP contribution is -2.55. The monoisotopic (exact) mass is 642 g/mol. The molecule has 0 saturated carbocycles. The molecule has 1 aliphatic rings. The number of methoxy groups -OCH3 is 1. The Morgan fingerprint density at radius 1 is 1.04 bits per heavy atom. The molecule has 2 aromatic heterocycles. The molecule has 0 N–H and O–H groups in total. The summed E-state index contributed by atoms with van der Waals surface area (Å²) in [5.41, 5.74) is 5.41. The van der Waals surface area contributed by atoms with Crippen LogP contribution in [0, 0.1) is 6.92 Å². The molecule has 9 nitrogen and oxygen atoms in total. The van der Waals surface area contributed by atoms with Gasteiger partial charge in [0, 0.05) is 60.4 Å². The predicted octanol–water partition coefficient (Wildman–Crippen LogP) is 6.24. The summed E-state index contributed by atoms with van der Waals surface area (Å²) >= 11 is 7.78. The molecule has 1 saturated heterocycles. The van der Waals surface area contributed by atoms with E-state index < -0.39 is 0 Å². The van der Waals surface area contributed by atoms with Crippen molar-refractivity contribution < 1.29 is 14.3 Å². The van der Waals surface area contributed by atoms with Gasteiger partial charge in [0.1, 0.15) is 11.3 Å². The lowest BCUT2D eigenvalue weighted by atomic mass is 10.1. The Kier molecular flexibility index (Phi) is 9.23. The highest BCUT2D eigenvalue weighted by atomic mass is 35.5. The highest BCUT2D eigenvalue weighted by molar-refractivity contribution is 7.99. The van der Waals surface area contributed by atoms with Gasteiger partial charge in [0.05, 0.1) is 12.6 Å². The van der Waals surface area contributed by atoms with E-state index in [0.29, 0.717) is 66.3 Å². The van der Waals surface area contributed by atoms with Crippen molar-refractivity contribution in [2.45, 2.75) is 44.4 Å². The number of hydrogen-bond donors (Lipinski definition) is 0. The lowest BCUT2D eigenvalue weighted by molar-refractivity contribution is -0.133. The maximum Gasteiger partial charge on any atom is 0.254 e. The summed E-state index contributed by atoms with van der Waals surface area (Å²) in [4.78, 5) is 34.8. The first-order valence-electron chi connectivity index (χ1n) is 15.0. The Morgan fingerprint density at radius 3 is 2.69 bits per heavy atom. The van der Waals surface area contributed by atoms with Gasteiger partial charge in [-0.25, -0.2) is 4.98 Å². The summed E-state index contributed by atoms with van der Waals surface area (Å²) < 4.78 is 7.43. The molecule has 1 fully saturated rings. The van der Waals surface area contributed by atoms with Crippen LogP contribution in [0.1, 0.15) is 41.3 Å². The molecule has 3 aromatic carbocycles. The number of hydrogen-bond acceptors (Lipinski definition) is 7. The molecule has 2 amide bonds. The van der Waals surface area contributed by atoms with Crippen LogP contribution in [0.3, 0.4) is 0 Å². The van der Waals surface area contributed by atoms with Crippen molar-refractivity contribution in [2.75, 3.05) is 32.5 Å². The quantitative estimate of drug-likeness (QED) is 0.139. The van der Waals surface area contributed by atoms with E-state index in [9.17, 15) is 9.59 Å². The minimum atomic E-state index is -0.0792. The highest BCUT2D eigenvalue weighted by Gasteiger charge is 2.30. The van der Waals surface area contributed by atoms with Crippen molar-refractivity contribution in [1.82, 2.24) is 29.5 Å². The zero-order valence-corrected chi connectivity index (χ0v) is 27.1. The summed E-state index contributed by atoms with van der Waals surface area (Å²) in [6.07, 6.45) is 1.11. The lowest BCUT2D eigenvalue weighted by Gasteiger charge is -2.40. The standard InChI is InChI=1S/C34H35ClN6O3S/c1-22-12-13-29-28(17-22)31-32(41(29)21-24-7-4-9-26(35)18-24)36-34(38-37-31)45-16-6-11-30(42)39-14-15-40(23(2)20-39)33(43)25-8-5-10-27(19-25)44-3/h4-5,7-10,12-13,17-19,23H,6,11,14-16,20-21H2,1-3H3. The van der Waals surface area contributed by atoms with Gasteiger partial charge >= 0.3 is 0 Å². The summed E-state index contributed by atoms with van der Waals surface area (Å²) in [5.74, 6) is 1.40. The number of carbonyl (C=O) groups is 2.